The van der Waals surface area contributed by atoms with E-state index in [1.54, 1.807) is 13.3 Å². The van der Waals surface area contributed by atoms with E-state index >= 15 is 0 Å². The van der Waals surface area contributed by atoms with E-state index in [4.69, 9.17) is 21.1 Å². The minimum Gasteiger partial charge on any atom is -0.493 e. The SMILES string of the molecule is COc1ccc(-c2[nH]c3cn[nH]c(=O)c3c2Cl)c2c1OC1(CCCC1)C2. The zero-order valence-electron chi connectivity index (χ0n) is 14.3. The molecule has 7 heteroatoms. The second kappa shape index (κ2) is 5.51. The van der Waals surface area contributed by atoms with E-state index in [-0.39, 0.29) is 11.2 Å². The van der Waals surface area contributed by atoms with Crippen molar-refractivity contribution in [1.82, 2.24) is 15.2 Å². The number of nitrogens with one attached hydrogen (secondary N) is 2. The molecular weight excluding hydrogens is 354 g/mol. The first-order valence-corrected chi connectivity index (χ1v) is 9.14. The second-order valence-corrected chi connectivity index (χ2v) is 7.47. The summed E-state index contributed by atoms with van der Waals surface area (Å²) in [6.45, 7) is 0. The molecule has 0 amide bonds. The van der Waals surface area contributed by atoms with Gasteiger partial charge in [-0.1, -0.05) is 11.6 Å². The summed E-state index contributed by atoms with van der Waals surface area (Å²) in [6.07, 6.45) is 6.86. The van der Waals surface area contributed by atoms with Gasteiger partial charge in [0.1, 0.15) is 5.60 Å². The largest absolute Gasteiger partial charge is 0.493 e. The van der Waals surface area contributed by atoms with Gasteiger partial charge in [0.2, 0.25) is 0 Å². The quantitative estimate of drug-likeness (QED) is 0.717. The highest BCUT2D eigenvalue weighted by atomic mass is 35.5. The van der Waals surface area contributed by atoms with Crippen molar-refractivity contribution in [3.63, 3.8) is 0 Å². The summed E-state index contributed by atoms with van der Waals surface area (Å²) in [5.41, 5.74) is 2.94. The van der Waals surface area contributed by atoms with Crippen LogP contribution in [0.5, 0.6) is 11.5 Å². The molecule has 1 saturated carbocycles. The van der Waals surface area contributed by atoms with Crippen LogP contribution in [-0.4, -0.2) is 27.9 Å². The number of halogens is 1. The van der Waals surface area contributed by atoms with Crippen LogP contribution in [0.25, 0.3) is 22.2 Å². The van der Waals surface area contributed by atoms with E-state index < -0.39 is 0 Å². The number of benzene rings is 1. The number of methoxy groups -OCH3 is 1. The summed E-state index contributed by atoms with van der Waals surface area (Å²) >= 11 is 6.57. The monoisotopic (exact) mass is 371 g/mol. The van der Waals surface area contributed by atoms with Crippen LogP contribution in [0.2, 0.25) is 5.02 Å². The lowest BCUT2D eigenvalue weighted by molar-refractivity contribution is 0.0996. The Morgan fingerprint density at radius 1 is 1.31 bits per heavy atom. The molecule has 5 rings (SSSR count). The molecule has 0 bridgehead atoms. The van der Waals surface area contributed by atoms with Gasteiger partial charge in [0.25, 0.3) is 5.56 Å². The van der Waals surface area contributed by atoms with Crippen LogP contribution in [0.3, 0.4) is 0 Å². The summed E-state index contributed by atoms with van der Waals surface area (Å²) < 4.78 is 11.9. The first-order valence-electron chi connectivity index (χ1n) is 8.76. The van der Waals surface area contributed by atoms with Crippen LogP contribution in [0.4, 0.5) is 0 Å². The maximum absolute atomic E-state index is 12.1. The number of aromatic nitrogens is 3. The molecule has 2 N–H and O–H groups in total. The summed E-state index contributed by atoms with van der Waals surface area (Å²) in [4.78, 5) is 15.4. The van der Waals surface area contributed by atoms with Crippen LogP contribution in [0, 0.1) is 0 Å². The Morgan fingerprint density at radius 2 is 2.12 bits per heavy atom. The van der Waals surface area contributed by atoms with E-state index in [0.717, 1.165) is 47.6 Å². The smallest absolute Gasteiger partial charge is 0.275 e. The third-order valence-electron chi connectivity index (χ3n) is 5.60. The van der Waals surface area contributed by atoms with Gasteiger partial charge in [0.15, 0.2) is 11.5 Å². The standard InChI is InChI=1S/C19H18ClN3O3/c1-25-13-5-4-10(11-8-19(26-17(11)13)6-2-3-7-19)16-15(20)14-12(22-16)9-21-23-18(14)24/h4-5,9,22H,2-3,6-8H2,1H3,(H,23,24). The van der Waals surface area contributed by atoms with Gasteiger partial charge >= 0.3 is 0 Å². The zero-order chi connectivity index (χ0) is 17.9. The molecule has 0 unspecified atom stereocenters. The number of fused-ring (bicyclic) bond motifs is 2. The molecule has 134 valence electrons. The lowest BCUT2D eigenvalue weighted by atomic mass is 9.92. The molecule has 0 saturated heterocycles. The molecule has 26 heavy (non-hydrogen) atoms. The number of hydrogen-bond acceptors (Lipinski definition) is 4. The summed E-state index contributed by atoms with van der Waals surface area (Å²) in [5.74, 6) is 1.54. The van der Waals surface area contributed by atoms with Crippen LogP contribution in [0.15, 0.2) is 23.1 Å². The van der Waals surface area contributed by atoms with Crippen molar-refractivity contribution >= 4 is 22.5 Å². The number of ether oxygens (including phenoxy) is 2. The molecule has 1 aliphatic heterocycles. The molecule has 1 spiro atoms. The molecule has 6 nitrogen and oxygen atoms in total. The fraction of sp³-hybridized carbons (Fsp3) is 0.368. The lowest BCUT2D eigenvalue weighted by Gasteiger charge is -2.22. The normalized spacial score (nSPS) is 17.6. The van der Waals surface area contributed by atoms with Crippen LogP contribution in [-0.2, 0) is 6.42 Å². The zero-order valence-corrected chi connectivity index (χ0v) is 15.1. The van der Waals surface area contributed by atoms with Crippen LogP contribution < -0.4 is 15.0 Å². The first kappa shape index (κ1) is 15.8. The predicted molar refractivity (Wildman–Crippen MR) is 99.2 cm³/mol. The maximum atomic E-state index is 12.1. The third kappa shape index (κ3) is 2.11. The Hall–Kier alpha value is -2.47. The number of hydrogen-bond donors (Lipinski definition) is 2. The molecule has 3 aromatic rings. The molecule has 1 aromatic carbocycles. The minimum absolute atomic E-state index is 0.136. The Morgan fingerprint density at radius 3 is 2.85 bits per heavy atom. The van der Waals surface area contributed by atoms with Crippen molar-refractivity contribution in [2.75, 3.05) is 7.11 Å². The third-order valence-corrected chi connectivity index (χ3v) is 5.98. The number of aromatic amines is 2. The molecule has 2 aliphatic rings. The van der Waals surface area contributed by atoms with Crippen molar-refractivity contribution in [2.45, 2.75) is 37.7 Å². The van der Waals surface area contributed by atoms with Gasteiger partial charge in [-0.05, 0) is 37.8 Å². The average molecular weight is 372 g/mol. The lowest BCUT2D eigenvalue weighted by Crippen LogP contribution is -2.30. The van der Waals surface area contributed by atoms with Crippen molar-refractivity contribution in [2.24, 2.45) is 0 Å². The van der Waals surface area contributed by atoms with Crippen molar-refractivity contribution in [1.29, 1.82) is 0 Å². The van der Waals surface area contributed by atoms with Crippen molar-refractivity contribution in [3.8, 4) is 22.8 Å². The highest BCUT2D eigenvalue weighted by Crippen LogP contribution is 2.52. The van der Waals surface area contributed by atoms with E-state index in [9.17, 15) is 4.79 Å². The topological polar surface area (TPSA) is 80.0 Å². The summed E-state index contributed by atoms with van der Waals surface area (Å²) in [6, 6.07) is 3.87. The molecule has 0 radical (unpaired) electrons. The van der Waals surface area contributed by atoms with Crippen molar-refractivity contribution < 1.29 is 9.47 Å². The molecule has 1 fully saturated rings. The molecule has 0 atom stereocenters. The van der Waals surface area contributed by atoms with Gasteiger partial charge in [0, 0.05) is 17.5 Å². The highest BCUT2D eigenvalue weighted by Gasteiger charge is 2.44. The molecule has 3 heterocycles. The molecule has 2 aromatic heterocycles. The molecule has 1 aliphatic carbocycles. The van der Waals surface area contributed by atoms with Gasteiger partial charge in [-0.25, -0.2) is 5.10 Å². The van der Waals surface area contributed by atoms with E-state index in [1.807, 2.05) is 12.1 Å². The van der Waals surface area contributed by atoms with Crippen molar-refractivity contribution in [3.05, 3.63) is 39.3 Å². The van der Waals surface area contributed by atoms with Gasteiger partial charge in [-0.15, -0.1) is 0 Å². The Balaban J connectivity index is 1.73. The Kier molecular flexibility index (Phi) is 3.34. The highest BCUT2D eigenvalue weighted by molar-refractivity contribution is 6.38. The van der Waals surface area contributed by atoms with E-state index in [2.05, 4.69) is 15.2 Å². The fourth-order valence-corrected chi connectivity index (χ4v) is 4.71. The first-order chi connectivity index (χ1) is 12.6. The van der Waals surface area contributed by atoms with E-state index in [0.29, 0.717) is 15.9 Å². The van der Waals surface area contributed by atoms with Gasteiger partial charge in [-0.2, -0.15) is 5.10 Å². The minimum atomic E-state index is -0.302. The fourth-order valence-electron chi connectivity index (χ4n) is 4.37. The van der Waals surface area contributed by atoms with Crippen LogP contribution in [0.1, 0.15) is 31.2 Å². The number of H-pyrrole nitrogens is 2. The average Bonchev–Trinajstić information content (AvgIpc) is 3.33. The molecular formula is C19H18ClN3O3. The van der Waals surface area contributed by atoms with Gasteiger partial charge < -0.3 is 14.5 Å². The Bertz CT molecular complexity index is 1080. The summed E-state index contributed by atoms with van der Waals surface area (Å²) in [7, 11) is 1.65. The number of rotatable bonds is 2. The predicted octanol–water partition coefficient (Wildman–Crippen LogP) is 3.83. The maximum Gasteiger partial charge on any atom is 0.275 e. The number of nitrogens with zero attached hydrogens (tertiary/aromatic N) is 1. The van der Waals surface area contributed by atoms with Crippen LogP contribution >= 0.6 is 11.6 Å². The summed E-state index contributed by atoms with van der Waals surface area (Å²) in [5, 5.41) is 7.11. The Labute approximate surface area is 154 Å². The van der Waals surface area contributed by atoms with Gasteiger partial charge in [-0.3, -0.25) is 4.79 Å². The van der Waals surface area contributed by atoms with Gasteiger partial charge in [0.05, 0.1) is 34.9 Å². The second-order valence-electron chi connectivity index (χ2n) is 7.09. The van der Waals surface area contributed by atoms with E-state index in [1.165, 1.54) is 12.8 Å².